The number of hydrogen-bond acceptors (Lipinski definition) is 3. The number of likely N-dealkylation sites (tertiary alicyclic amines) is 1. The van der Waals surface area contributed by atoms with E-state index in [1.54, 1.807) is 0 Å². The molecule has 88 valence electrons. The van der Waals surface area contributed by atoms with E-state index in [-0.39, 0.29) is 12.1 Å². The third-order valence-corrected chi connectivity index (χ3v) is 3.29. The van der Waals surface area contributed by atoms with Gasteiger partial charge in [-0.15, -0.1) is 0 Å². The highest BCUT2D eigenvalue weighted by atomic mass is 16.3. The zero-order valence-corrected chi connectivity index (χ0v) is 9.76. The summed E-state index contributed by atoms with van der Waals surface area (Å²) in [6.07, 6.45) is 0.771. The van der Waals surface area contributed by atoms with Gasteiger partial charge >= 0.3 is 0 Å². The minimum atomic E-state index is -0.248. The van der Waals surface area contributed by atoms with Crippen LogP contribution in [0.5, 0.6) is 0 Å². The van der Waals surface area contributed by atoms with Crippen LogP contribution in [0.4, 0.5) is 0 Å². The van der Waals surface area contributed by atoms with E-state index in [1.165, 1.54) is 5.56 Å². The SMILES string of the molecule is CNC1CCN(Cc2ccccc2)CC1O. The number of hydrogen-bond donors (Lipinski definition) is 2. The lowest BCUT2D eigenvalue weighted by atomic mass is 10.0. The highest BCUT2D eigenvalue weighted by molar-refractivity contribution is 5.14. The number of benzene rings is 1. The van der Waals surface area contributed by atoms with Crippen LogP contribution in [-0.4, -0.2) is 42.3 Å². The fourth-order valence-corrected chi connectivity index (χ4v) is 2.32. The van der Waals surface area contributed by atoms with Crippen molar-refractivity contribution in [3.8, 4) is 0 Å². The van der Waals surface area contributed by atoms with Crippen molar-refractivity contribution in [2.24, 2.45) is 0 Å². The molecule has 1 saturated heterocycles. The predicted octanol–water partition coefficient (Wildman–Crippen LogP) is 0.841. The van der Waals surface area contributed by atoms with Crippen LogP contribution in [0.25, 0.3) is 0 Å². The van der Waals surface area contributed by atoms with E-state index in [4.69, 9.17) is 0 Å². The number of rotatable bonds is 3. The maximum atomic E-state index is 9.91. The summed E-state index contributed by atoms with van der Waals surface area (Å²) in [5.74, 6) is 0. The van der Waals surface area contributed by atoms with Crippen LogP contribution in [-0.2, 0) is 6.54 Å². The largest absolute Gasteiger partial charge is 0.390 e. The fraction of sp³-hybridized carbons (Fsp3) is 0.538. The molecule has 1 fully saturated rings. The third-order valence-electron chi connectivity index (χ3n) is 3.29. The Labute approximate surface area is 97.1 Å². The molecule has 1 aliphatic rings. The average molecular weight is 220 g/mol. The summed E-state index contributed by atoms with van der Waals surface area (Å²) in [4.78, 5) is 2.31. The van der Waals surface area contributed by atoms with Crippen molar-refractivity contribution in [2.75, 3.05) is 20.1 Å². The van der Waals surface area contributed by atoms with E-state index in [0.717, 1.165) is 26.1 Å². The number of piperidine rings is 1. The average Bonchev–Trinajstić information content (AvgIpc) is 2.31. The first kappa shape index (κ1) is 11.6. The topological polar surface area (TPSA) is 35.5 Å². The molecule has 0 bridgehead atoms. The minimum Gasteiger partial charge on any atom is -0.390 e. The molecule has 1 aromatic rings. The van der Waals surface area contributed by atoms with Crippen LogP contribution in [0, 0.1) is 0 Å². The molecule has 3 nitrogen and oxygen atoms in total. The van der Waals surface area contributed by atoms with Crippen molar-refractivity contribution < 1.29 is 5.11 Å². The second kappa shape index (κ2) is 5.43. The first-order chi connectivity index (χ1) is 7.79. The zero-order valence-electron chi connectivity index (χ0n) is 9.76. The Morgan fingerprint density at radius 1 is 1.38 bits per heavy atom. The molecule has 2 N–H and O–H groups in total. The number of aliphatic hydroxyl groups is 1. The van der Waals surface area contributed by atoms with Gasteiger partial charge < -0.3 is 10.4 Å². The maximum Gasteiger partial charge on any atom is 0.0820 e. The molecule has 1 heterocycles. The van der Waals surface area contributed by atoms with Gasteiger partial charge in [0, 0.05) is 25.7 Å². The molecule has 2 unspecified atom stereocenters. The van der Waals surface area contributed by atoms with Gasteiger partial charge in [0.1, 0.15) is 0 Å². The Hall–Kier alpha value is -0.900. The van der Waals surface area contributed by atoms with E-state index in [9.17, 15) is 5.11 Å². The van der Waals surface area contributed by atoms with Gasteiger partial charge in [-0.05, 0) is 19.0 Å². The summed E-state index contributed by atoms with van der Waals surface area (Å²) >= 11 is 0. The minimum absolute atomic E-state index is 0.248. The highest BCUT2D eigenvalue weighted by Crippen LogP contribution is 2.13. The summed E-state index contributed by atoms with van der Waals surface area (Å²) in [5, 5.41) is 13.1. The molecule has 3 heteroatoms. The summed E-state index contributed by atoms with van der Waals surface area (Å²) in [5.41, 5.74) is 1.32. The number of aliphatic hydroxyl groups excluding tert-OH is 1. The van der Waals surface area contributed by atoms with Gasteiger partial charge in [-0.1, -0.05) is 30.3 Å². The van der Waals surface area contributed by atoms with E-state index in [2.05, 4.69) is 34.5 Å². The third kappa shape index (κ3) is 2.82. The molecule has 2 rings (SSSR count). The van der Waals surface area contributed by atoms with Gasteiger partial charge in [-0.25, -0.2) is 0 Å². The monoisotopic (exact) mass is 220 g/mol. The highest BCUT2D eigenvalue weighted by Gasteiger charge is 2.25. The van der Waals surface area contributed by atoms with Gasteiger partial charge in [0.15, 0.2) is 0 Å². The van der Waals surface area contributed by atoms with Crippen molar-refractivity contribution in [3.63, 3.8) is 0 Å². The normalized spacial score (nSPS) is 26.9. The molecular formula is C13H20N2O. The van der Waals surface area contributed by atoms with Gasteiger partial charge in [0.25, 0.3) is 0 Å². The smallest absolute Gasteiger partial charge is 0.0820 e. The van der Waals surface area contributed by atoms with E-state index in [0.29, 0.717) is 0 Å². The lowest BCUT2D eigenvalue weighted by Gasteiger charge is -2.35. The Balaban J connectivity index is 1.89. The van der Waals surface area contributed by atoms with E-state index in [1.807, 2.05) is 13.1 Å². The summed E-state index contributed by atoms with van der Waals surface area (Å²) in [7, 11) is 1.92. The predicted molar refractivity (Wildman–Crippen MR) is 65.2 cm³/mol. The molecule has 0 spiro atoms. The first-order valence-electron chi connectivity index (χ1n) is 5.91. The van der Waals surface area contributed by atoms with Gasteiger partial charge in [-0.2, -0.15) is 0 Å². The molecule has 1 aromatic carbocycles. The summed E-state index contributed by atoms with van der Waals surface area (Å²) in [6, 6.07) is 10.7. The molecule has 0 aromatic heterocycles. The molecule has 16 heavy (non-hydrogen) atoms. The standard InChI is InChI=1S/C13H20N2O/c1-14-12-7-8-15(10-13(12)16)9-11-5-3-2-4-6-11/h2-6,12-14,16H,7-10H2,1H3. The van der Waals surface area contributed by atoms with Crippen molar-refractivity contribution >= 4 is 0 Å². The van der Waals surface area contributed by atoms with Crippen molar-refractivity contribution in [1.29, 1.82) is 0 Å². The molecule has 0 saturated carbocycles. The van der Waals surface area contributed by atoms with Crippen LogP contribution in [0.15, 0.2) is 30.3 Å². The van der Waals surface area contributed by atoms with Gasteiger partial charge in [0.2, 0.25) is 0 Å². The Morgan fingerprint density at radius 2 is 2.12 bits per heavy atom. The fourth-order valence-electron chi connectivity index (χ4n) is 2.32. The number of nitrogens with one attached hydrogen (secondary N) is 1. The second-order valence-electron chi connectivity index (χ2n) is 4.47. The number of β-amino-alcohol motifs (C(OH)–C–C–N with tert-alkyl or cyclic N) is 1. The first-order valence-corrected chi connectivity index (χ1v) is 5.91. The Bertz CT molecular complexity index is 315. The van der Waals surface area contributed by atoms with Crippen LogP contribution in [0.3, 0.4) is 0 Å². The number of nitrogens with zero attached hydrogens (tertiary/aromatic N) is 1. The lowest BCUT2D eigenvalue weighted by Crippen LogP contribution is -2.51. The quantitative estimate of drug-likeness (QED) is 0.792. The van der Waals surface area contributed by atoms with Gasteiger partial charge in [-0.3, -0.25) is 4.90 Å². The van der Waals surface area contributed by atoms with E-state index < -0.39 is 0 Å². The van der Waals surface area contributed by atoms with E-state index >= 15 is 0 Å². The molecule has 1 aliphatic heterocycles. The summed E-state index contributed by atoms with van der Waals surface area (Å²) < 4.78 is 0. The van der Waals surface area contributed by atoms with Crippen LogP contribution < -0.4 is 5.32 Å². The van der Waals surface area contributed by atoms with Crippen LogP contribution in [0.1, 0.15) is 12.0 Å². The van der Waals surface area contributed by atoms with Crippen LogP contribution in [0.2, 0.25) is 0 Å². The molecule has 0 amide bonds. The second-order valence-corrected chi connectivity index (χ2v) is 4.47. The zero-order chi connectivity index (χ0) is 11.4. The Kier molecular flexibility index (Phi) is 3.93. The van der Waals surface area contributed by atoms with Gasteiger partial charge in [0.05, 0.1) is 6.10 Å². The van der Waals surface area contributed by atoms with Crippen LogP contribution >= 0.6 is 0 Å². The molecule has 0 aliphatic carbocycles. The van der Waals surface area contributed by atoms with Crippen molar-refractivity contribution in [2.45, 2.75) is 25.1 Å². The summed E-state index contributed by atoms with van der Waals surface area (Å²) in [6.45, 7) is 2.76. The molecule has 2 atom stereocenters. The molecule has 0 radical (unpaired) electrons. The lowest BCUT2D eigenvalue weighted by molar-refractivity contribution is 0.0397. The maximum absolute atomic E-state index is 9.91. The number of likely N-dealkylation sites (N-methyl/N-ethyl adjacent to an activating group) is 1. The van der Waals surface area contributed by atoms with Crippen molar-refractivity contribution in [3.05, 3.63) is 35.9 Å². The van der Waals surface area contributed by atoms with Crippen molar-refractivity contribution in [1.82, 2.24) is 10.2 Å². The Morgan fingerprint density at radius 3 is 2.75 bits per heavy atom. The molecular weight excluding hydrogens is 200 g/mol.